The molecule has 19 heteroatoms. The van der Waals surface area contributed by atoms with Gasteiger partial charge in [-0.15, -0.1) is 0 Å². The molecule has 0 spiro atoms. The third-order valence-corrected chi connectivity index (χ3v) is 17.2. The highest BCUT2D eigenvalue weighted by atomic mass is 16.8. The van der Waals surface area contributed by atoms with Gasteiger partial charge in [0.15, 0.2) is 18.9 Å². The molecule has 17 unspecified atom stereocenters. The minimum absolute atomic E-state index is 0.245. The van der Waals surface area contributed by atoms with E-state index in [-0.39, 0.29) is 18.9 Å². The van der Waals surface area contributed by atoms with Crippen LogP contribution in [0.5, 0.6) is 0 Å². The molecule has 17 atom stereocenters. The Morgan fingerprint density at radius 3 is 1.24 bits per heavy atom. The summed E-state index contributed by atoms with van der Waals surface area (Å²) in [5, 5.41) is 120. The Balaban J connectivity index is 1.27. The van der Waals surface area contributed by atoms with Gasteiger partial charge in [0.2, 0.25) is 5.91 Å². The average molecular weight is 1240 g/mol. The van der Waals surface area contributed by atoms with Crippen molar-refractivity contribution in [1.82, 2.24) is 5.32 Å². The van der Waals surface area contributed by atoms with Crippen LogP contribution in [0.25, 0.3) is 0 Å². The molecular formula is C68H123NO18. The van der Waals surface area contributed by atoms with Crippen molar-refractivity contribution in [3.63, 3.8) is 0 Å². The molecule has 0 bridgehead atoms. The number of ether oxygens (including phenoxy) is 6. The quantitative estimate of drug-likeness (QED) is 0.0200. The largest absolute Gasteiger partial charge is 0.394 e. The SMILES string of the molecule is CC/C=C\C/C=C\C/C=C\C/C=C\CCCCCCCCCCCCCCCCCCCCCCCCC(=O)NC(COC1OC(CO)C(OC2OC(CO)C(OC3OC(CO)C(O)C(O)C3O)C(O)C2O)C(O)C1O)C(O)CCCCCCCCC. The van der Waals surface area contributed by atoms with Gasteiger partial charge in [-0.3, -0.25) is 4.79 Å². The molecule has 3 aliphatic rings. The van der Waals surface area contributed by atoms with E-state index in [1.165, 1.54) is 128 Å². The number of aliphatic hydroxyl groups is 11. The summed E-state index contributed by atoms with van der Waals surface area (Å²) in [7, 11) is 0. The second-order valence-electron chi connectivity index (χ2n) is 24.6. The first kappa shape index (κ1) is 79.0. The topological polar surface area (TPSA) is 307 Å². The van der Waals surface area contributed by atoms with Gasteiger partial charge in [0.1, 0.15) is 73.2 Å². The van der Waals surface area contributed by atoms with E-state index < -0.39 is 124 Å². The van der Waals surface area contributed by atoms with E-state index in [2.05, 4.69) is 67.8 Å². The monoisotopic (exact) mass is 1240 g/mol. The number of rotatable bonds is 52. The predicted octanol–water partition coefficient (Wildman–Crippen LogP) is 8.61. The van der Waals surface area contributed by atoms with Crippen LogP contribution in [0.3, 0.4) is 0 Å². The van der Waals surface area contributed by atoms with Crippen LogP contribution in [-0.4, -0.2) is 193 Å². The van der Waals surface area contributed by atoms with E-state index in [0.29, 0.717) is 12.8 Å². The summed E-state index contributed by atoms with van der Waals surface area (Å²) in [6, 6.07) is -0.883. The second-order valence-corrected chi connectivity index (χ2v) is 24.6. The normalized spacial score (nSPS) is 28.9. The van der Waals surface area contributed by atoms with Crippen molar-refractivity contribution in [1.29, 1.82) is 0 Å². The second kappa shape index (κ2) is 50.3. The van der Waals surface area contributed by atoms with Gasteiger partial charge in [-0.05, 0) is 51.4 Å². The highest BCUT2D eigenvalue weighted by molar-refractivity contribution is 5.76. The molecule has 12 N–H and O–H groups in total. The lowest BCUT2D eigenvalue weighted by atomic mass is 9.96. The third kappa shape index (κ3) is 32.7. The van der Waals surface area contributed by atoms with Crippen LogP contribution >= 0.6 is 0 Å². The zero-order valence-electron chi connectivity index (χ0n) is 53.5. The Labute approximate surface area is 523 Å². The predicted molar refractivity (Wildman–Crippen MR) is 337 cm³/mol. The molecule has 508 valence electrons. The van der Waals surface area contributed by atoms with Gasteiger partial charge >= 0.3 is 0 Å². The first-order chi connectivity index (χ1) is 42.3. The van der Waals surface area contributed by atoms with Gasteiger partial charge in [-0.1, -0.05) is 236 Å². The molecule has 3 saturated heterocycles. The van der Waals surface area contributed by atoms with Crippen molar-refractivity contribution in [2.24, 2.45) is 0 Å². The molecule has 0 aromatic carbocycles. The van der Waals surface area contributed by atoms with E-state index >= 15 is 0 Å². The summed E-state index contributed by atoms with van der Waals surface area (Å²) in [6.07, 6.45) is 32.7. The Bertz CT molecular complexity index is 1770. The molecule has 0 aliphatic carbocycles. The Kier molecular flexibility index (Phi) is 45.7. The van der Waals surface area contributed by atoms with Crippen molar-refractivity contribution >= 4 is 5.91 Å². The Morgan fingerprint density at radius 1 is 0.425 bits per heavy atom. The van der Waals surface area contributed by atoms with Crippen LogP contribution in [0.4, 0.5) is 0 Å². The molecule has 0 saturated carbocycles. The summed E-state index contributed by atoms with van der Waals surface area (Å²) in [4.78, 5) is 13.3. The standard InChI is InChI=1S/C68H123NO18/c1-3-5-7-9-11-12-13-14-15-16-17-18-19-20-21-22-23-24-25-26-27-28-29-30-31-32-33-34-35-36-37-38-40-42-44-46-56(74)69-51(52(73)45-43-41-39-10-8-6-4-2)50-82-66-62(80)59(77)64(54(48-71)84-66)87-68-63(81)60(78)65(55(49-72)85-68)86-67-61(79)58(76)57(75)53(47-70)83-67/h5,7,11-12,14-15,17-18,51-55,57-68,70-73,75-81H,3-4,6,8-10,13,16,19-50H2,1-2H3,(H,69,74)/b7-5-,12-11-,15-14-,18-17-. The maximum atomic E-state index is 13.3. The number of allylic oxidation sites excluding steroid dienone is 8. The molecule has 3 heterocycles. The van der Waals surface area contributed by atoms with E-state index in [1.807, 2.05) is 0 Å². The maximum Gasteiger partial charge on any atom is 0.220 e. The lowest BCUT2D eigenvalue weighted by Gasteiger charge is -2.48. The number of nitrogens with one attached hydrogen (secondary N) is 1. The van der Waals surface area contributed by atoms with Gasteiger partial charge in [-0.25, -0.2) is 0 Å². The highest BCUT2D eigenvalue weighted by Crippen LogP contribution is 2.33. The number of hydrogen-bond acceptors (Lipinski definition) is 18. The molecule has 1 amide bonds. The molecule has 3 aliphatic heterocycles. The Morgan fingerprint density at radius 2 is 0.793 bits per heavy atom. The third-order valence-electron chi connectivity index (χ3n) is 17.2. The lowest BCUT2D eigenvalue weighted by Crippen LogP contribution is -2.66. The minimum Gasteiger partial charge on any atom is -0.394 e. The number of amides is 1. The van der Waals surface area contributed by atoms with Crippen molar-refractivity contribution in [2.75, 3.05) is 26.4 Å². The first-order valence-corrected chi connectivity index (χ1v) is 34.4. The van der Waals surface area contributed by atoms with Gasteiger partial charge < -0.3 is 89.9 Å². The van der Waals surface area contributed by atoms with Crippen molar-refractivity contribution in [2.45, 2.75) is 349 Å². The van der Waals surface area contributed by atoms with Crippen molar-refractivity contribution < 1.29 is 89.4 Å². The molecule has 3 rings (SSSR count). The fourth-order valence-electron chi connectivity index (χ4n) is 11.6. The maximum absolute atomic E-state index is 13.3. The summed E-state index contributed by atoms with van der Waals surface area (Å²) in [6.45, 7) is 1.62. The van der Waals surface area contributed by atoms with E-state index in [1.54, 1.807) is 0 Å². The summed E-state index contributed by atoms with van der Waals surface area (Å²) in [5.74, 6) is -0.245. The van der Waals surface area contributed by atoms with Crippen LogP contribution in [-0.2, 0) is 33.2 Å². The summed E-state index contributed by atoms with van der Waals surface area (Å²) in [5.41, 5.74) is 0. The van der Waals surface area contributed by atoms with Gasteiger partial charge in [0.05, 0.1) is 38.6 Å². The van der Waals surface area contributed by atoms with Crippen LogP contribution in [0, 0.1) is 0 Å². The number of hydrogen-bond donors (Lipinski definition) is 12. The van der Waals surface area contributed by atoms with Gasteiger partial charge in [0, 0.05) is 6.42 Å². The number of unbranched alkanes of at least 4 members (excludes halogenated alkanes) is 28. The minimum atomic E-state index is -1.97. The smallest absolute Gasteiger partial charge is 0.220 e. The molecule has 0 aromatic heterocycles. The molecule has 87 heavy (non-hydrogen) atoms. The van der Waals surface area contributed by atoms with Crippen LogP contribution < -0.4 is 5.32 Å². The summed E-state index contributed by atoms with van der Waals surface area (Å²) >= 11 is 0. The zero-order chi connectivity index (χ0) is 63.3. The Hall–Kier alpha value is -2.25. The van der Waals surface area contributed by atoms with Crippen LogP contribution in [0.2, 0.25) is 0 Å². The van der Waals surface area contributed by atoms with Crippen molar-refractivity contribution in [3.8, 4) is 0 Å². The van der Waals surface area contributed by atoms with Crippen LogP contribution in [0.15, 0.2) is 48.6 Å². The lowest BCUT2D eigenvalue weighted by molar-refractivity contribution is -0.379. The number of aliphatic hydroxyl groups excluding tert-OH is 11. The first-order valence-electron chi connectivity index (χ1n) is 34.4. The average Bonchev–Trinajstić information content (AvgIpc) is 2.35. The van der Waals surface area contributed by atoms with Crippen LogP contribution in [0.1, 0.15) is 245 Å². The fourth-order valence-corrected chi connectivity index (χ4v) is 11.6. The fraction of sp³-hybridized carbons (Fsp3) is 0.868. The van der Waals surface area contributed by atoms with Gasteiger partial charge in [0.25, 0.3) is 0 Å². The molecule has 19 nitrogen and oxygen atoms in total. The molecule has 0 radical (unpaired) electrons. The molecule has 3 fully saturated rings. The highest BCUT2D eigenvalue weighted by Gasteiger charge is 2.53. The van der Waals surface area contributed by atoms with Crippen molar-refractivity contribution in [3.05, 3.63) is 48.6 Å². The molecule has 0 aromatic rings. The van der Waals surface area contributed by atoms with Gasteiger partial charge in [-0.2, -0.15) is 0 Å². The summed E-state index contributed by atoms with van der Waals surface area (Å²) < 4.78 is 34.3. The van der Waals surface area contributed by atoms with E-state index in [0.717, 1.165) is 83.5 Å². The van der Waals surface area contributed by atoms with E-state index in [9.17, 15) is 61.0 Å². The number of carbonyl (C=O) groups is 1. The van der Waals surface area contributed by atoms with E-state index in [4.69, 9.17) is 28.4 Å². The number of carbonyl (C=O) groups excluding carboxylic acids is 1. The zero-order valence-corrected chi connectivity index (χ0v) is 53.5. The molecular weight excluding hydrogens is 1120 g/mol.